The Morgan fingerprint density at radius 1 is 1.24 bits per heavy atom. The Labute approximate surface area is 201 Å². The number of anilines is 1. The number of carbonyl (C=O) groups is 1. The van der Waals surface area contributed by atoms with Gasteiger partial charge in [0.15, 0.2) is 5.13 Å². The third-order valence-corrected chi connectivity index (χ3v) is 7.34. The molecule has 1 amide bonds. The summed E-state index contributed by atoms with van der Waals surface area (Å²) in [5, 5.41) is 5.35. The van der Waals surface area contributed by atoms with E-state index in [0.717, 1.165) is 35.0 Å². The zero-order valence-electron chi connectivity index (χ0n) is 18.5. The maximum atomic E-state index is 14.0. The topological polar surface area (TPSA) is 68.5 Å². The largest absolute Gasteiger partial charge is 0.376 e. The van der Waals surface area contributed by atoms with Gasteiger partial charge >= 0.3 is 0 Å². The van der Waals surface area contributed by atoms with Gasteiger partial charge in [-0.1, -0.05) is 65.3 Å². The van der Waals surface area contributed by atoms with E-state index in [4.69, 9.17) is 25.8 Å². The maximum absolute atomic E-state index is 14.0. The van der Waals surface area contributed by atoms with Crippen molar-refractivity contribution in [2.45, 2.75) is 39.2 Å². The fourth-order valence-corrected chi connectivity index (χ4v) is 5.48. The second kappa shape index (κ2) is 9.25. The number of amides is 1. The predicted octanol–water partition coefficient (Wildman–Crippen LogP) is 6.30. The smallest absolute Gasteiger partial charge is 0.266 e. The number of aryl methyl sites for hydroxylation is 2. The zero-order valence-corrected chi connectivity index (χ0v) is 20.1. The molecular formula is C25H24ClN3O3S. The monoisotopic (exact) mass is 481 g/mol. The Kier molecular flexibility index (Phi) is 6.19. The van der Waals surface area contributed by atoms with Crippen LogP contribution in [0.2, 0.25) is 5.02 Å². The van der Waals surface area contributed by atoms with Crippen LogP contribution in [0.3, 0.4) is 0 Å². The molecule has 2 aromatic heterocycles. The van der Waals surface area contributed by atoms with Gasteiger partial charge in [0.2, 0.25) is 0 Å². The third-order valence-electron chi connectivity index (χ3n) is 5.96. The number of carbonyl (C=O) groups excluding carboxylic acids is 1. The molecular weight excluding hydrogens is 458 g/mol. The number of benzene rings is 2. The van der Waals surface area contributed by atoms with Crippen LogP contribution in [0.1, 0.15) is 41.4 Å². The molecule has 6 nitrogen and oxygen atoms in total. The first kappa shape index (κ1) is 22.1. The number of fused-ring (bicyclic) bond motifs is 1. The Morgan fingerprint density at radius 3 is 2.85 bits per heavy atom. The van der Waals surface area contributed by atoms with Crippen LogP contribution in [0, 0.1) is 6.92 Å². The molecule has 1 atom stereocenters. The van der Waals surface area contributed by atoms with Crippen LogP contribution in [0.25, 0.3) is 21.5 Å². The second-order valence-corrected chi connectivity index (χ2v) is 9.52. The van der Waals surface area contributed by atoms with E-state index in [1.54, 1.807) is 17.9 Å². The lowest BCUT2D eigenvalue weighted by Crippen LogP contribution is -2.37. The molecule has 0 aliphatic carbocycles. The highest BCUT2D eigenvalue weighted by atomic mass is 35.5. The molecule has 2 aromatic carbocycles. The molecule has 0 unspecified atom stereocenters. The van der Waals surface area contributed by atoms with Gasteiger partial charge < -0.3 is 9.26 Å². The summed E-state index contributed by atoms with van der Waals surface area (Å²) in [6.07, 6.45) is 2.75. The normalized spacial score (nSPS) is 15.9. The van der Waals surface area contributed by atoms with Crippen LogP contribution in [-0.4, -0.2) is 35.3 Å². The van der Waals surface area contributed by atoms with Gasteiger partial charge in [0.05, 0.1) is 27.9 Å². The molecule has 0 radical (unpaired) electrons. The summed E-state index contributed by atoms with van der Waals surface area (Å²) in [6, 6.07) is 13.5. The Balaban J connectivity index is 1.61. The lowest BCUT2D eigenvalue weighted by atomic mass is 10.0. The van der Waals surface area contributed by atoms with Crippen LogP contribution >= 0.6 is 22.9 Å². The van der Waals surface area contributed by atoms with E-state index in [1.165, 1.54) is 11.3 Å². The van der Waals surface area contributed by atoms with Crippen LogP contribution in [0.4, 0.5) is 5.13 Å². The standard InChI is InChI=1S/C25H24ClN3O3S/c1-3-16-8-6-12-20-22(16)27-25(33-20)29(14-17-9-7-13-31-17)24(30)21-15(2)32-28-23(21)18-10-4-5-11-19(18)26/h4-6,8,10-12,17H,3,7,9,13-14H2,1-2H3/t17-/m0/s1. The lowest BCUT2D eigenvalue weighted by Gasteiger charge is -2.23. The third kappa shape index (κ3) is 4.16. The summed E-state index contributed by atoms with van der Waals surface area (Å²) in [6.45, 7) is 4.99. The minimum atomic E-state index is -0.212. The van der Waals surface area contributed by atoms with E-state index in [-0.39, 0.29) is 12.0 Å². The number of thiazole rings is 1. The van der Waals surface area contributed by atoms with E-state index >= 15 is 0 Å². The molecule has 1 aliphatic heterocycles. The summed E-state index contributed by atoms with van der Waals surface area (Å²) >= 11 is 7.94. The van der Waals surface area contributed by atoms with Gasteiger partial charge in [-0.3, -0.25) is 9.69 Å². The van der Waals surface area contributed by atoms with E-state index in [1.807, 2.05) is 30.3 Å². The van der Waals surface area contributed by atoms with Crippen LogP contribution in [-0.2, 0) is 11.2 Å². The highest BCUT2D eigenvalue weighted by Crippen LogP contribution is 2.36. The quantitative estimate of drug-likeness (QED) is 0.323. The Hall–Kier alpha value is -2.74. The number of hydrogen-bond donors (Lipinski definition) is 0. The molecule has 3 heterocycles. The van der Waals surface area contributed by atoms with E-state index in [2.05, 4.69) is 18.1 Å². The lowest BCUT2D eigenvalue weighted by molar-refractivity contribution is 0.0916. The van der Waals surface area contributed by atoms with Crippen molar-refractivity contribution in [2.75, 3.05) is 18.1 Å². The molecule has 8 heteroatoms. The minimum absolute atomic E-state index is 0.0319. The van der Waals surface area contributed by atoms with Gasteiger partial charge in [0.25, 0.3) is 5.91 Å². The summed E-state index contributed by atoms with van der Waals surface area (Å²) in [7, 11) is 0. The van der Waals surface area contributed by atoms with Crippen LogP contribution in [0.15, 0.2) is 47.0 Å². The van der Waals surface area contributed by atoms with Gasteiger partial charge in [-0.05, 0) is 43.9 Å². The van der Waals surface area contributed by atoms with Crippen molar-refractivity contribution in [1.82, 2.24) is 10.1 Å². The molecule has 1 aliphatic rings. The molecule has 5 rings (SSSR count). The van der Waals surface area contributed by atoms with Crippen molar-refractivity contribution in [3.05, 3.63) is 64.4 Å². The number of halogens is 1. The van der Waals surface area contributed by atoms with Crippen LogP contribution in [0.5, 0.6) is 0 Å². The van der Waals surface area contributed by atoms with Crippen LogP contribution < -0.4 is 4.90 Å². The number of ether oxygens (including phenoxy) is 1. The Bertz CT molecular complexity index is 1310. The fourth-order valence-electron chi connectivity index (χ4n) is 4.23. The van der Waals surface area contributed by atoms with E-state index in [0.29, 0.717) is 45.9 Å². The highest BCUT2D eigenvalue weighted by molar-refractivity contribution is 7.22. The van der Waals surface area contributed by atoms with Gasteiger partial charge in [-0.2, -0.15) is 0 Å². The second-order valence-electron chi connectivity index (χ2n) is 8.11. The average Bonchev–Trinajstić information content (AvgIpc) is 3.56. The molecule has 0 bridgehead atoms. The molecule has 4 aromatic rings. The average molecular weight is 482 g/mol. The van der Waals surface area contributed by atoms with Crippen molar-refractivity contribution in [3.63, 3.8) is 0 Å². The van der Waals surface area contributed by atoms with Gasteiger partial charge in [-0.15, -0.1) is 0 Å². The molecule has 1 saturated heterocycles. The molecule has 1 fully saturated rings. The Morgan fingerprint density at radius 2 is 2.09 bits per heavy atom. The number of aromatic nitrogens is 2. The van der Waals surface area contributed by atoms with Gasteiger partial charge in [0, 0.05) is 12.2 Å². The predicted molar refractivity (Wildman–Crippen MR) is 131 cm³/mol. The number of nitrogens with zero attached hydrogens (tertiary/aromatic N) is 3. The molecule has 0 spiro atoms. The van der Waals surface area contributed by atoms with Gasteiger partial charge in [-0.25, -0.2) is 4.98 Å². The fraction of sp³-hybridized carbons (Fsp3) is 0.320. The number of rotatable bonds is 6. The first-order valence-electron chi connectivity index (χ1n) is 11.1. The highest BCUT2D eigenvalue weighted by Gasteiger charge is 2.32. The summed E-state index contributed by atoms with van der Waals surface area (Å²) < 4.78 is 12.4. The van der Waals surface area contributed by atoms with Crippen molar-refractivity contribution in [3.8, 4) is 11.3 Å². The molecule has 0 N–H and O–H groups in total. The summed E-state index contributed by atoms with van der Waals surface area (Å²) in [5.74, 6) is 0.235. The first-order chi connectivity index (χ1) is 16.1. The summed E-state index contributed by atoms with van der Waals surface area (Å²) in [5.41, 5.74) is 3.61. The maximum Gasteiger partial charge on any atom is 0.266 e. The summed E-state index contributed by atoms with van der Waals surface area (Å²) in [4.78, 5) is 20.7. The van der Waals surface area contributed by atoms with Crippen molar-refractivity contribution in [2.24, 2.45) is 0 Å². The van der Waals surface area contributed by atoms with Crippen molar-refractivity contribution >= 4 is 44.2 Å². The number of para-hydroxylation sites is 1. The molecule has 170 valence electrons. The van der Waals surface area contributed by atoms with E-state index in [9.17, 15) is 4.79 Å². The van der Waals surface area contributed by atoms with Crippen molar-refractivity contribution in [1.29, 1.82) is 0 Å². The zero-order chi connectivity index (χ0) is 22.9. The number of hydrogen-bond acceptors (Lipinski definition) is 6. The van der Waals surface area contributed by atoms with Crippen molar-refractivity contribution < 1.29 is 14.1 Å². The van der Waals surface area contributed by atoms with Gasteiger partial charge in [0.1, 0.15) is 17.0 Å². The van der Waals surface area contributed by atoms with E-state index < -0.39 is 0 Å². The SMILES string of the molecule is CCc1cccc2sc(N(C[C@@H]3CCCO3)C(=O)c3c(-c4ccccc4Cl)noc3C)nc12. The minimum Gasteiger partial charge on any atom is -0.376 e. The molecule has 33 heavy (non-hydrogen) atoms. The molecule has 0 saturated carbocycles. The first-order valence-corrected chi connectivity index (χ1v) is 12.3.